The van der Waals surface area contributed by atoms with Crippen molar-refractivity contribution in [2.75, 3.05) is 20.2 Å². The third-order valence-electron chi connectivity index (χ3n) is 5.08. The van der Waals surface area contributed by atoms with Crippen LogP contribution in [0.15, 0.2) is 50.7 Å². The van der Waals surface area contributed by atoms with Crippen molar-refractivity contribution in [2.24, 2.45) is 21.0 Å². The van der Waals surface area contributed by atoms with Crippen LogP contribution in [-0.4, -0.2) is 61.9 Å². The van der Waals surface area contributed by atoms with Crippen molar-refractivity contribution in [2.45, 2.75) is 31.8 Å². The van der Waals surface area contributed by atoms with Crippen LogP contribution in [0.25, 0.3) is 0 Å². The smallest absolute Gasteiger partial charge is 0.227 e. The molecule has 1 amide bonds. The van der Waals surface area contributed by atoms with E-state index in [-0.39, 0.29) is 12.0 Å². The number of aliphatic imine (C=N–C) groups is 2. The molecule has 1 aliphatic carbocycles. The molecular formula is C19H25N5O2. The number of carbonyl (C=O) groups is 1. The number of hydrogen-bond donors (Lipinski definition) is 1. The number of amides is 1. The lowest BCUT2D eigenvalue weighted by Gasteiger charge is -2.36. The summed E-state index contributed by atoms with van der Waals surface area (Å²) in [6.07, 6.45) is 14.4. The largest absolute Gasteiger partial charge is 0.483 e. The van der Waals surface area contributed by atoms with E-state index in [1.807, 2.05) is 0 Å². The van der Waals surface area contributed by atoms with Gasteiger partial charge in [-0.3, -0.25) is 19.7 Å². The summed E-state index contributed by atoms with van der Waals surface area (Å²) in [6, 6.07) is 0.321. The molecule has 2 heterocycles. The second-order valence-electron chi connectivity index (χ2n) is 6.53. The minimum absolute atomic E-state index is 0.0254. The lowest BCUT2D eigenvalue weighted by atomic mass is 9.94. The van der Waals surface area contributed by atoms with Crippen LogP contribution in [0.1, 0.15) is 19.8 Å². The predicted octanol–water partition coefficient (Wildman–Crippen LogP) is 1.70. The van der Waals surface area contributed by atoms with Crippen LogP contribution in [0, 0.1) is 5.92 Å². The first-order valence-corrected chi connectivity index (χ1v) is 8.93. The standard InChI is InChI=1S/C19H25N5O2/c1-14(16-4-3-5-17-18(12-16)21-9-8-20-17)24-10-6-15(7-11-24)19(26-2)23-22-13-25/h3-5,8-9,12-15,17H,6-7,10-11H2,1-2H3,(H,22,25)/b23-19-. The van der Waals surface area contributed by atoms with Gasteiger partial charge in [-0.1, -0.05) is 18.2 Å². The lowest BCUT2D eigenvalue weighted by Crippen LogP contribution is -2.42. The third kappa shape index (κ3) is 4.16. The number of methoxy groups -OCH3 is 1. The van der Waals surface area contributed by atoms with Gasteiger partial charge in [0.2, 0.25) is 12.3 Å². The molecule has 2 unspecified atom stereocenters. The number of hydrogen-bond acceptors (Lipinski definition) is 6. The Bertz CT molecular complexity index is 697. The van der Waals surface area contributed by atoms with Gasteiger partial charge in [0.05, 0.1) is 12.8 Å². The fourth-order valence-corrected chi connectivity index (χ4v) is 3.56. The summed E-state index contributed by atoms with van der Waals surface area (Å²) in [5, 5.41) is 4.00. The highest BCUT2D eigenvalue weighted by molar-refractivity contribution is 6.17. The molecular weight excluding hydrogens is 330 g/mol. The molecule has 138 valence electrons. The van der Waals surface area contributed by atoms with Crippen LogP contribution in [0.4, 0.5) is 0 Å². The Morgan fingerprint density at radius 3 is 2.96 bits per heavy atom. The number of fused-ring (bicyclic) bond motifs is 1. The number of likely N-dealkylation sites (tertiary alicyclic amines) is 1. The van der Waals surface area contributed by atoms with Crippen LogP contribution in [0.3, 0.4) is 0 Å². The summed E-state index contributed by atoms with van der Waals surface area (Å²) in [5.41, 5.74) is 4.57. The molecule has 1 saturated heterocycles. The fourth-order valence-electron chi connectivity index (χ4n) is 3.56. The van der Waals surface area contributed by atoms with E-state index in [1.54, 1.807) is 19.5 Å². The zero-order chi connectivity index (χ0) is 18.4. The Morgan fingerprint density at radius 1 is 1.42 bits per heavy atom. The summed E-state index contributed by atoms with van der Waals surface area (Å²) >= 11 is 0. The summed E-state index contributed by atoms with van der Waals surface area (Å²) in [6.45, 7) is 4.13. The average Bonchev–Trinajstić information content (AvgIpc) is 2.91. The van der Waals surface area contributed by atoms with Crippen LogP contribution in [0.2, 0.25) is 0 Å². The number of rotatable bonds is 5. The summed E-state index contributed by atoms with van der Waals surface area (Å²) in [4.78, 5) is 21.8. The van der Waals surface area contributed by atoms with Crippen molar-refractivity contribution in [1.29, 1.82) is 0 Å². The Kier molecular flexibility index (Phi) is 6.12. The molecule has 7 nitrogen and oxygen atoms in total. The van der Waals surface area contributed by atoms with E-state index >= 15 is 0 Å². The van der Waals surface area contributed by atoms with Crippen LogP contribution < -0.4 is 5.43 Å². The van der Waals surface area contributed by atoms with Crippen LogP contribution >= 0.6 is 0 Å². The molecule has 26 heavy (non-hydrogen) atoms. The van der Waals surface area contributed by atoms with Crippen molar-refractivity contribution in [3.05, 3.63) is 35.6 Å². The minimum atomic E-state index is 0.0254. The molecule has 0 bridgehead atoms. The molecule has 2 aliphatic heterocycles. The van der Waals surface area contributed by atoms with E-state index in [2.05, 4.69) is 56.6 Å². The van der Waals surface area contributed by atoms with Gasteiger partial charge in [-0.2, -0.15) is 0 Å². The Hall–Kier alpha value is -2.54. The summed E-state index contributed by atoms with van der Waals surface area (Å²) < 4.78 is 5.33. The molecule has 0 aromatic carbocycles. The molecule has 2 atom stereocenters. The monoisotopic (exact) mass is 355 g/mol. The first kappa shape index (κ1) is 18.3. The van der Waals surface area contributed by atoms with E-state index in [0.717, 1.165) is 31.6 Å². The Balaban J connectivity index is 1.63. The number of piperidine rings is 1. The molecule has 0 radical (unpaired) electrons. The highest BCUT2D eigenvalue weighted by Crippen LogP contribution is 2.26. The van der Waals surface area contributed by atoms with Crippen LogP contribution in [0.5, 0.6) is 0 Å². The highest BCUT2D eigenvalue weighted by Gasteiger charge is 2.28. The van der Waals surface area contributed by atoms with Gasteiger partial charge in [-0.15, -0.1) is 5.10 Å². The number of ether oxygens (including phenoxy) is 1. The molecule has 3 aliphatic rings. The van der Waals surface area contributed by atoms with Gasteiger partial charge in [0, 0.05) is 24.4 Å². The molecule has 3 rings (SSSR count). The number of nitrogens with zero attached hydrogens (tertiary/aromatic N) is 4. The number of hydrazone groups is 1. The van der Waals surface area contributed by atoms with E-state index in [9.17, 15) is 4.79 Å². The minimum Gasteiger partial charge on any atom is -0.483 e. The van der Waals surface area contributed by atoms with E-state index < -0.39 is 0 Å². The number of allylic oxidation sites excluding steroid dienone is 2. The molecule has 0 aromatic rings. The summed E-state index contributed by atoms with van der Waals surface area (Å²) in [5.74, 6) is 0.833. The maximum absolute atomic E-state index is 10.4. The zero-order valence-corrected chi connectivity index (χ0v) is 15.2. The van der Waals surface area contributed by atoms with Crippen molar-refractivity contribution in [3.63, 3.8) is 0 Å². The van der Waals surface area contributed by atoms with E-state index in [0.29, 0.717) is 18.3 Å². The second-order valence-corrected chi connectivity index (χ2v) is 6.53. The van der Waals surface area contributed by atoms with Gasteiger partial charge in [0.15, 0.2) is 0 Å². The SMILES string of the molecule is CO/C(=N\NC=O)C1CCN(C(C)C2=CC=CC3N=CC=NC3=C2)CC1. The fraction of sp³-hybridized carbons (Fsp3) is 0.474. The highest BCUT2D eigenvalue weighted by atomic mass is 16.5. The van der Waals surface area contributed by atoms with Crippen LogP contribution in [-0.2, 0) is 9.53 Å². The predicted molar refractivity (Wildman–Crippen MR) is 103 cm³/mol. The van der Waals surface area contributed by atoms with Crippen molar-refractivity contribution in [3.8, 4) is 0 Å². The van der Waals surface area contributed by atoms with E-state index in [4.69, 9.17) is 4.74 Å². The van der Waals surface area contributed by atoms with E-state index in [1.165, 1.54) is 5.57 Å². The quantitative estimate of drug-likeness (QED) is 0.353. The molecule has 0 saturated carbocycles. The molecule has 0 spiro atoms. The first-order valence-electron chi connectivity index (χ1n) is 8.93. The van der Waals surface area contributed by atoms with Gasteiger partial charge >= 0.3 is 0 Å². The Morgan fingerprint density at radius 2 is 2.23 bits per heavy atom. The maximum atomic E-state index is 10.4. The lowest BCUT2D eigenvalue weighted by molar-refractivity contribution is -0.109. The van der Waals surface area contributed by atoms with Gasteiger partial charge in [-0.25, -0.2) is 5.43 Å². The van der Waals surface area contributed by atoms with Crippen molar-refractivity contribution < 1.29 is 9.53 Å². The van der Waals surface area contributed by atoms with Gasteiger partial charge < -0.3 is 4.74 Å². The van der Waals surface area contributed by atoms with Gasteiger partial charge in [-0.05, 0) is 44.5 Å². The zero-order valence-electron chi connectivity index (χ0n) is 15.2. The topological polar surface area (TPSA) is 78.6 Å². The van der Waals surface area contributed by atoms with Crippen molar-refractivity contribution in [1.82, 2.24) is 10.3 Å². The normalized spacial score (nSPS) is 25.0. The third-order valence-corrected chi connectivity index (χ3v) is 5.08. The number of nitrogens with one attached hydrogen (secondary N) is 1. The molecule has 1 fully saturated rings. The molecule has 0 aromatic heterocycles. The van der Waals surface area contributed by atoms with Gasteiger partial charge in [0.25, 0.3) is 0 Å². The molecule has 7 heteroatoms. The second kappa shape index (κ2) is 8.71. The maximum Gasteiger partial charge on any atom is 0.227 e. The molecule has 1 N–H and O–H groups in total. The van der Waals surface area contributed by atoms with Gasteiger partial charge in [0.1, 0.15) is 6.04 Å². The number of carbonyl (C=O) groups excluding carboxylic acids is 1. The average molecular weight is 355 g/mol. The first-order chi connectivity index (χ1) is 12.7. The van der Waals surface area contributed by atoms with Crippen molar-refractivity contribution >= 4 is 24.7 Å². The Labute approximate surface area is 153 Å². The summed E-state index contributed by atoms with van der Waals surface area (Å²) in [7, 11) is 1.60.